The number of hydrogen-bond donors (Lipinski definition) is 1. The molecule has 0 aliphatic carbocycles. The van der Waals surface area contributed by atoms with Gasteiger partial charge in [0.1, 0.15) is 23.3 Å². The third-order valence-corrected chi connectivity index (χ3v) is 6.14. The molecule has 4 rings (SSSR count). The van der Waals surface area contributed by atoms with Crippen LogP contribution in [0.25, 0.3) is 5.76 Å². The van der Waals surface area contributed by atoms with Crippen LogP contribution in [-0.2, 0) is 9.59 Å². The molecule has 3 aromatic rings. The van der Waals surface area contributed by atoms with Gasteiger partial charge >= 0.3 is 0 Å². The van der Waals surface area contributed by atoms with Crippen molar-refractivity contribution in [1.82, 2.24) is 0 Å². The number of carbonyl (C=O) groups is 2. The Morgan fingerprint density at radius 1 is 1.12 bits per heavy atom. The van der Waals surface area contributed by atoms with Gasteiger partial charge in [0.05, 0.1) is 23.4 Å². The molecule has 1 aliphatic rings. The lowest BCUT2D eigenvalue weighted by Gasteiger charge is -2.23. The smallest absolute Gasteiger partial charge is 0.300 e. The average molecular weight is 496 g/mol. The highest BCUT2D eigenvalue weighted by Crippen LogP contribution is 2.43. The Labute approximate surface area is 194 Å². The summed E-state index contributed by atoms with van der Waals surface area (Å²) in [5.41, 5.74) is 2.01. The van der Waals surface area contributed by atoms with Crippen LogP contribution in [0.15, 0.2) is 75.3 Å². The number of anilines is 1. The molecule has 1 atom stereocenters. The lowest BCUT2D eigenvalue weighted by Crippen LogP contribution is -2.29. The van der Waals surface area contributed by atoms with E-state index < -0.39 is 17.7 Å². The summed E-state index contributed by atoms with van der Waals surface area (Å²) in [6, 6.07) is 14.9. The number of aliphatic hydroxyl groups is 1. The van der Waals surface area contributed by atoms with Crippen molar-refractivity contribution < 1.29 is 23.8 Å². The summed E-state index contributed by atoms with van der Waals surface area (Å²) in [7, 11) is 1.53. The largest absolute Gasteiger partial charge is 0.507 e. The quantitative estimate of drug-likeness (QED) is 0.274. The Hall–Kier alpha value is -3.32. The van der Waals surface area contributed by atoms with Crippen molar-refractivity contribution in [2.45, 2.75) is 25.8 Å². The van der Waals surface area contributed by atoms with Gasteiger partial charge in [0, 0.05) is 11.3 Å². The molecule has 1 aliphatic heterocycles. The number of amides is 1. The summed E-state index contributed by atoms with van der Waals surface area (Å²) < 4.78 is 11.4. The minimum Gasteiger partial charge on any atom is -0.507 e. The van der Waals surface area contributed by atoms with E-state index in [-0.39, 0.29) is 11.3 Å². The van der Waals surface area contributed by atoms with Gasteiger partial charge in [-0.05, 0) is 69.9 Å². The number of ketones is 1. The van der Waals surface area contributed by atoms with Gasteiger partial charge in [0.25, 0.3) is 11.7 Å². The van der Waals surface area contributed by atoms with Crippen molar-refractivity contribution in [3.05, 3.63) is 87.8 Å². The molecule has 2 aromatic carbocycles. The molecule has 0 radical (unpaired) electrons. The SMILES string of the molecule is COc1ccc(/C(O)=C2/C(=O)C(=O)N(c3ccc(C(C)C)cc3)C2c2ccco2)cc1Br. The number of carbonyl (C=O) groups excluding carboxylic acids is 2. The second-order valence-corrected chi connectivity index (χ2v) is 8.63. The lowest BCUT2D eigenvalue weighted by atomic mass is 9.98. The molecule has 6 nitrogen and oxygen atoms in total. The number of furan rings is 1. The zero-order chi connectivity index (χ0) is 23.0. The Balaban J connectivity index is 1.87. The second-order valence-electron chi connectivity index (χ2n) is 7.78. The number of aliphatic hydroxyl groups excluding tert-OH is 1. The molecule has 1 amide bonds. The van der Waals surface area contributed by atoms with Gasteiger partial charge < -0.3 is 14.3 Å². The summed E-state index contributed by atoms with van der Waals surface area (Å²) in [5.74, 6) is -0.494. The number of rotatable bonds is 5. The van der Waals surface area contributed by atoms with Crippen LogP contribution in [0, 0.1) is 0 Å². The molecule has 7 heteroatoms. The van der Waals surface area contributed by atoms with E-state index >= 15 is 0 Å². The maximum absolute atomic E-state index is 13.1. The van der Waals surface area contributed by atoms with Gasteiger partial charge in [0.15, 0.2) is 0 Å². The van der Waals surface area contributed by atoms with Crippen LogP contribution in [0.5, 0.6) is 5.75 Å². The molecular formula is C25H22BrNO5. The monoisotopic (exact) mass is 495 g/mol. The fourth-order valence-electron chi connectivity index (χ4n) is 3.80. The highest BCUT2D eigenvalue weighted by atomic mass is 79.9. The predicted octanol–water partition coefficient (Wildman–Crippen LogP) is 5.80. The zero-order valence-corrected chi connectivity index (χ0v) is 19.4. The van der Waals surface area contributed by atoms with Gasteiger partial charge in [-0.3, -0.25) is 14.5 Å². The second kappa shape index (κ2) is 8.67. The number of hydrogen-bond acceptors (Lipinski definition) is 5. The number of methoxy groups -OCH3 is 1. The molecule has 1 fully saturated rings. The molecule has 1 unspecified atom stereocenters. The van der Waals surface area contributed by atoms with Crippen molar-refractivity contribution in [3.8, 4) is 5.75 Å². The van der Waals surface area contributed by atoms with E-state index in [4.69, 9.17) is 9.15 Å². The summed E-state index contributed by atoms with van der Waals surface area (Å²) in [4.78, 5) is 27.6. The van der Waals surface area contributed by atoms with Crippen molar-refractivity contribution in [1.29, 1.82) is 0 Å². The van der Waals surface area contributed by atoms with E-state index in [9.17, 15) is 14.7 Å². The van der Waals surface area contributed by atoms with Gasteiger partial charge in [0.2, 0.25) is 0 Å². The van der Waals surface area contributed by atoms with E-state index in [1.807, 2.05) is 12.1 Å². The Bertz CT molecular complexity index is 1200. The molecule has 0 saturated carbocycles. The van der Waals surface area contributed by atoms with Crippen molar-refractivity contribution in [2.24, 2.45) is 0 Å². The molecule has 164 valence electrons. The van der Waals surface area contributed by atoms with Crippen LogP contribution in [0.1, 0.15) is 42.7 Å². The van der Waals surface area contributed by atoms with E-state index in [2.05, 4.69) is 29.8 Å². The molecule has 0 bridgehead atoms. The number of halogens is 1. The van der Waals surface area contributed by atoms with Crippen LogP contribution in [-0.4, -0.2) is 23.9 Å². The normalized spacial score (nSPS) is 17.9. The fourth-order valence-corrected chi connectivity index (χ4v) is 4.34. The van der Waals surface area contributed by atoms with Gasteiger partial charge in [-0.2, -0.15) is 0 Å². The molecule has 1 saturated heterocycles. The number of benzene rings is 2. The molecule has 2 heterocycles. The summed E-state index contributed by atoms with van der Waals surface area (Å²) in [6.07, 6.45) is 1.47. The maximum atomic E-state index is 13.1. The highest BCUT2D eigenvalue weighted by molar-refractivity contribution is 9.10. The maximum Gasteiger partial charge on any atom is 0.300 e. The highest BCUT2D eigenvalue weighted by Gasteiger charge is 2.48. The van der Waals surface area contributed by atoms with Crippen molar-refractivity contribution >= 4 is 39.1 Å². The molecule has 1 N–H and O–H groups in total. The average Bonchev–Trinajstić information content (AvgIpc) is 3.40. The Morgan fingerprint density at radius 2 is 1.84 bits per heavy atom. The molecular weight excluding hydrogens is 474 g/mol. The summed E-state index contributed by atoms with van der Waals surface area (Å²) >= 11 is 3.39. The third kappa shape index (κ3) is 3.73. The first-order valence-corrected chi connectivity index (χ1v) is 10.9. The number of nitrogens with zero attached hydrogens (tertiary/aromatic N) is 1. The number of ether oxygens (including phenoxy) is 1. The first-order chi connectivity index (χ1) is 15.3. The topological polar surface area (TPSA) is 80.0 Å². The fraction of sp³-hybridized carbons (Fsp3) is 0.200. The minimum absolute atomic E-state index is 0.0325. The standard InChI is InChI=1S/C25H22BrNO5/c1-14(2)15-6-9-17(10-7-15)27-22(20-5-4-12-32-20)21(24(29)25(27)30)23(28)16-8-11-19(31-3)18(26)13-16/h4-14,22,28H,1-3H3/b23-21-. The van der Waals surface area contributed by atoms with E-state index in [1.54, 1.807) is 42.5 Å². The van der Waals surface area contributed by atoms with Crippen LogP contribution < -0.4 is 9.64 Å². The molecule has 0 spiro atoms. The van der Waals surface area contributed by atoms with E-state index in [0.29, 0.717) is 33.2 Å². The van der Waals surface area contributed by atoms with Gasteiger partial charge in [-0.25, -0.2) is 0 Å². The van der Waals surface area contributed by atoms with Crippen LogP contribution in [0.3, 0.4) is 0 Å². The van der Waals surface area contributed by atoms with Crippen LogP contribution >= 0.6 is 15.9 Å². The Morgan fingerprint density at radius 3 is 2.41 bits per heavy atom. The third-order valence-electron chi connectivity index (χ3n) is 5.52. The van der Waals surface area contributed by atoms with E-state index in [1.165, 1.54) is 18.3 Å². The van der Waals surface area contributed by atoms with Crippen molar-refractivity contribution in [3.63, 3.8) is 0 Å². The molecule has 1 aromatic heterocycles. The predicted molar refractivity (Wildman–Crippen MR) is 125 cm³/mol. The van der Waals surface area contributed by atoms with E-state index in [0.717, 1.165) is 5.56 Å². The van der Waals surface area contributed by atoms with Crippen LogP contribution in [0.2, 0.25) is 0 Å². The number of Topliss-reactive ketones (excluding diaryl/α,β-unsaturated/α-hetero) is 1. The molecule has 32 heavy (non-hydrogen) atoms. The van der Waals surface area contributed by atoms with Crippen molar-refractivity contribution in [2.75, 3.05) is 12.0 Å². The van der Waals surface area contributed by atoms with Gasteiger partial charge in [-0.15, -0.1) is 0 Å². The minimum atomic E-state index is -0.893. The summed E-state index contributed by atoms with van der Waals surface area (Å²) in [6.45, 7) is 4.16. The first kappa shape index (κ1) is 21.9. The summed E-state index contributed by atoms with van der Waals surface area (Å²) in [5, 5.41) is 11.1. The van der Waals surface area contributed by atoms with Crippen LogP contribution in [0.4, 0.5) is 5.69 Å². The first-order valence-electron chi connectivity index (χ1n) is 10.1. The lowest BCUT2D eigenvalue weighted by molar-refractivity contribution is -0.132. The van der Waals surface area contributed by atoms with Gasteiger partial charge in [-0.1, -0.05) is 26.0 Å². The Kier molecular flexibility index (Phi) is 5.93. The zero-order valence-electron chi connectivity index (χ0n) is 17.8.